The Morgan fingerprint density at radius 1 is 1.14 bits per heavy atom. The van der Waals surface area contributed by atoms with Gasteiger partial charge in [-0.2, -0.15) is 0 Å². The van der Waals surface area contributed by atoms with Crippen LogP contribution in [-0.4, -0.2) is 27.8 Å². The van der Waals surface area contributed by atoms with Crippen molar-refractivity contribution in [3.8, 4) is 0 Å². The maximum atomic E-state index is 12.1. The first-order valence-electron chi connectivity index (χ1n) is 6.35. The van der Waals surface area contributed by atoms with Crippen LogP contribution in [0.25, 0.3) is 0 Å². The van der Waals surface area contributed by atoms with Crippen LogP contribution in [0.3, 0.4) is 0 Å². The van der Waals surface area contributed by atoms with Gasteiger partial charge in [-0.25, -0.2) is 4.79 Å². The van der Waals surface area contributed by atoms with Gasteiger partial charge in [-0.1, -0.05) is 28.8 Å². The molecule has 6 nitrogen and oxygen atoms in total. The Morgan fingerprint density at radius 2 is 1.77 bits per heavy atom. The highest BCUT2D eigenvalue weighted by Gasteiger charge is 2.38. The molecule has 1 aromatic heterocycles. The smallest absolute Gasteiger partial charge is 0.329 e. The summed E-state index contributed by atoms with van der Waals surface area (Å²) in [5, 5.41) is 0.782. The molecule has 2 heterocycles. The van der Waals surface area contributed by atoms with Gasteiger partial charge in [0.2, 0.25) is 0 Å². The SMILES string of the molecule is O=C(Cc1ccncc1Cl)ON1C(=O)c2ccccc2C1=O. The maximum absolute atomic E-state index is 12.1. The minimum atomic E-state index is -0.761. The summed E-state index contributed by atoms with van der Waals surface area (Å²) in [5.74, 6) is -2.08. The second-order valence-electron chi connectivity index (χ2n) is 4.56. The maximum Gasteiger partial charge on any atom is 0.337 e. The topological polar surface area (TPSA) is 76.6 Å². The molecule has 0 saturated heterocycles. The third-order valence-corrected chi connectivity index (χ3v) is 3.48. The molecule has 0 spiro atoms. The van der Waals surface area contributed by atoms with E-state index in [9.17, 15) is 14.4 Å². The Kier molecular flexibility index (Phi) is 3.60. The fourth-order valence-corrected chi connectivity index (χ4v) is 2.27. The molecule has 0 radical (unpaired) electrons. The molecule has 1 aliphatic rings. The van der Waals surface area contributed by atoms with Gasteiger partial charge in [-0.15, -0.1) is 0 Å². The summed E-state index contributed by atoms with van der Waals surface area (Å²) < 4.78 is 0. The zero-order chi connectivity index (χ0) is 15.7. The Balaban J connectivity index is 1.75. The molecule has 2 aromatic rings. The summed E-state index contributed by atoms with van der Waals surface area (Å²) in [6.07, 6.45) is 2.71. The molecule has 0 atom stereocenters. The first-order chi connectivity index (χ1) is 10.6. The molecule has 0 aliphatic carbocycles. The molecular weight excluding hydrogens is 308 g/mol. The van der Waals surface area contributed by atoms with Crippen molar-refractivity contribution in [3.05, 3.63) is 64.4 Å². The van der Waals surface area contributed by atoms with Crippen LogP contribution in [0.1, 0.15) is 26.3 Å². The lowest BCUT2D eigenvalue weighted by molar-refractivity contribution is -0.167. The molecule has 0 N–H and O–H groups in total. The van der Waals surface area contributed by atoms with Crippen LogP contribution >= 0.6 is 11.6 Å². The van der Waals surface area contributed by atoms with Crippen LogP contribution in [0.2, 0.25) is 5.02 Å². The molecular formula is C15H9ClN2O4. The van der Waals surface area contributed by atoms with Crippen molar-refractivity contribution in [2.24, 2.45) is 0 Å². The van der Waals surface area contributed by atoms with Crippen molar-refractivity contribution in [2.75, 3.05) is 0 Å². The van der Waals surface area contributed by atoms with Gasteiger partial charge >= 0.3 is 5.97 Å². The second kappa shape index (κ2) is 5.57. The van der Waals surface area contributed by atoms with Crippen LogP contribution in [-0.2, 0) is 16.1 Å². The van der Waals surface area contributed by atoms with Gasteiger partial charge < -0.3 is 4.84 Å². The summed E-state index contributed by atoms with van der Waals surface area (Å²) in [6.45, 7) is 0. The van der Waals surface area contributed by atoms with Gasteiger partial charge in [-0.05, 0) is 23.8 Å². The van der Waals surface area contributed by atoms with Crippen molar-refractivity contribution in [1.82, 2.24) is 10.0 Å². The summed E-state index contributed by atoms with van der Waals surface area (Å²) >= 11 is 5.90. The number of pyridine rings is 1. The molecule has 3 rings (SSSR count). The average Bonchev–Trinajstić information content (AvgIpc) is 2.75. The minimum absolute atomic E-state index is 0.172. The minimum Gasteiger partial charge on any atom is -0.329 e. The lowest BCUT2D eigenvalue weighted by Gasteiger charge is -2.12. The third-order valence-electron chi connectivity index (χ3n) is 3.14. The van der Waals surface area contributed by atoms with Gasteiger partial charge in [0.25, 0.3) is 11.8 Å². The third kappa shape index (κ3) is 2.44. The highest BCUT2D eigenvalue weighted by Crippen LogP contribution is 2.23. The molecule has 0 bridgehead atoms. The van der Waals surface area contributed by atoms with Crippen molar-refractivity contribution < 1.29 is 19.2 Å². The number of amides is 2. The molecule has 0 saturated carbocycles. The number of benzene rings is 1. The summed E-state index contributed by atoms with van der Waals surface area (Å²) in [5.41, 5.74) is 0.919. The fraction of sp³-hybridized carbons (Fsp3) is 0.0667. The Labute approximate surface area is 130 Å². The Hall–Kier alpha value is -2.73. The van der Waals surface area contributed by atoms with E-state index in [1.54, 1.807) is 18.2 Å². The first-order valence-corrected chi connectivity index (χ1v) is 6.72. The number of hydrogen-bond donors (Lipinski definition) is 0. The van der Waals surface area contributed by atoms with Gasteiger partial charge in [-0.3, -0.25) is 14.6 Å². The monoisotopic (exact) mass is 316 g/mol. The van der Waals surface area contributed by atoms with Crippen LogP contribution in [0.5, 0.6) is 0 Å². The zero-order valence-electron chi connectivity index (χ0n) is 11.2. The normalized spacial score (nSPS) is 13.2. The molecule has 110 valence electrons. The van der Waals surface area contributed by atoms with Gasteiger partial charge in [0.15, 0.2) is 0 Å². The first kappa shape index (κ1) is 14.2. The molecule has 22 heavy (non-hydrogen) atoms. The van der Waals surface area contributed by atoms with Crippen molar-refractivity contribution in [2.45, 2.75) is 6.42 Å². The van der Waals surface area contributed by atoms with E-state index in [0.717, 1.165) is 0 Å². The number of rotatable bonds is 3. The number of carbonyl (C=O) groups excluding carboxylic acids is 3. The van der Waals surface area contributed by atoms with Crippen molar-refractivity contribution in [3.63, 3.8) is 0 Å². The van der Waals surface area contributed by atoms with Crippen LogP contribution in [0.15, 0.2) is 42.7 Å². The van der Waals surface area contributed by atoms with E-state index < -0.39 is 17.8 Å². The molecule has 1 aromatic carbocycles. The highest BCUT2D eigenvalue weighted by atomic mass is 35.5. The highest BCUT2D eigenvalue weighted by molar-refractivity contribution is 6.31. The lowest BCUT2D eigenvalue weighted by Crippen LogP contribution is -2.33. The number of hydroxylamine groups is 2. The second-order valence-corrected chi connectivity index (χ2v) is 4.96. The molecule has 2 amide bonds. The van der Waals surface area contributed by atoms with Crippen molar-refractivity contribution >= 4 is 29.4 Å². The number of fused-ring (bicyclic) bond motifs is 1. The van der Waals surface area contributed by atoms with E-state index in [1.165, 1.54) is 24.5 Å². The van der Waals surface area contributed by atoms with E-state index in [4.69, 9.17) is 16.4 Å². The average molecular weight is 317 g/mol. The van der Waals surface area contributed by atoms with Crippen molar-refractivity contribution in [1.29, 1.82) is 0 Å². The standard InChI is InChI=1S/C15H9ClN2O4/c16-12-8-17-6-5-9(12)7-13(19)22-18-14(20)10-3-1-2-4-11(10)15(18)21/h1-6,8H,7H2. The summed E-state index contributed by atoms with van der Waals surface area (Å²) in [7, 11) is 0. The number of halogens is 1. The lowest BCUT2D eigenvalue weighted by atomic mass is 10.1. The van der Waals surface area contributed by atoms with Gasteiger partial charge in [0, 0.05) is 12.4 Å². The van der Waals surface area contributed by atoms with Crippen LogP contribution < -0.4 is 0 Å². The van der Waals surface area contributed by atoms with E-state index >= 15 is 0 Å². The number of imide groups is 1. The molecule has 0 fully saturated rings. The largest absolute Gasteiger partial charge is 0.337 e. The number of carbonyl (C=O) groups is 3. The predicted octanol–water partition coefficient (Wildman–Crippen LogP) is 2.03. The van der Waals surface area contributed by atoms with E-state index in [2.05, 4.69) is 4.98 Å². The number of nitrogens with zero attached hydrogens (tertiary/aromatic N) is 2. The van der Waals surface area contributed by atoms with E-state index in [1.807, 2.05) is 0 Å². The van der Waals surface area contributed by atoms with E-state index in [-0.39, 0.29) is 17.5 Å². The quantitative estimate of drug-likeness (QED) is 0.810. The van der Waals surface area contributed by atoms with Crippen LogP contribution in [0.4, 0.5) is 0 Å². The summed E-state index contributed by atoms with van der Waals surface area (Å²) in [4.78, 5) is 44.7. The number of hydrogen-bond acceptors (Lipinski definition) is 5. The number of aromatic nitrogens is 1. The Bertz CT molecular complexity index is 756. The fourth-order valence-electron chi connectivity index (χ4n) is 2.09. The van der Waals surface area contributed by atoms with Gasteiger partial charge in [0.05, 0.1) is 22.6 Å². The Morgan fingerprint density at radius 3 is 2.36 bits per heavy atom. The molecule has 7 heteroatoms. The molecule has 1 aliphatic heterocycles. The predicted molar refractivity (Wildman–Crippen MR) is 76.0 cm³/mol. The zero-order valence-corrected chi connectivity index (χ0v) is 11.9. The van der Waals surface area contributed by atoms with Gasteiger partial charge in [0.1, 0.15) is 0 Å². The van der Waals surface area contributed by atoms with Crippen LogP contribution in [0, 0.1) is 0 Å². The molecule has 0 unspecified atom stereocenters. The summed E-state index contributed by atoms with van der Waals surface area (Å²) in [6, 6.07) is 7.83. The van der Waals surface area contributed by atoms with E-state index in [0.29, 0.717) is 15.6 Å².